The maximum Gasteiger partial charge on any atom is 0.186 e. The normalized spacial score (nSPS) is 25.5. The van der Waals surface area contributed by atoms with Crippen LogP contribution in [0.25, 0.3) is 0 Å². The Morgan fingerprint density at radius 2 is 1.12 bits per heavy atom. The van der Waals surface area contributed by atoms with Crippen LogP contribution in [0.1, 0.15) is 19.4 Å². The number of fused-ring (bicyclic) bond motifs is 1. The maximum absolute atomic E-state index is 6.84. The summed E-state index contributed by atoms with van der Waals surface area (Å²) in [6.45, 7) is 4.36. The summed E-state index contributed by atoms with van der Waals surface area (Å²) in [5, 5.41) is 3.89. The molecule has 6 heteroatoms. The molecule has 0 unspecified atom stereocenters. The third-order valence-corrected chi connectivity index (χ3v) is 12.4. The van der Waals surface area contributed by atoms with Crippen LogP contribution in [0.15, 0.2) is 121 Å². The van der Waals surface area contributed by atoms with Gasteiger partial charge < -0.3 is 23.7 Å². The van der Waals surface area contributed by atoms with E-state index in [0.29, 0.717) is 6.61 Å². The number of rotatable bonds is 9. The first-order chi connectivity index (χ1) is 20.0. The summed E-state index contributed by atoms with van der Waals surface area (Å²) in [4.78, 5) is 0. The molecule has 0 spiro atoms. The van der Waals surface area contributed by atoms with Gasteiger partial charge in [-0.3, -0.25) is 0 Å². The van der Waals surface area contributed by atoms with Crippen molar-refractivity contribution in [2.75, 3.05) is 13.3 Å². The smallest absolute Gasteiger partial charge is 0.186 e. The average molecular weight is 570 g/mol. The van der Waals surface area contributed by atoms with Gasteiger partial charge in [0.1, 0.15) is 53.8 Å². The zero-order valence-electron chi connectivity index (χ0n) is 23.8. The highest BCUT2D eigenvalue weighted by Crippen LogP contribution is 2.57. The first kappa shape index (κ1) is 28.2. The summed E-state index contributed by atoms with van der Waals surface area (Å²) in [5.41, 5.74) is 1.08. The molecule has 2 saturated heterocycles. The second-order valence-electron chi connectivity index (χ2n) is 11.1. The predicted octanol–water partition coefficient (Wildman–Crippen LogP) is 5.46. The highest BCUT2D eigenvalue weighted by Gasteiger charge is 2.60. The van der Waals surface area contributed by atoms with E-state index in [4.69, 9.17) is 23.7 Å². The van der Waals surface area contributed by atoms with Crippen LogP contribution in [0.4, 0.5) is 0 Å². The molecule has 0 radical (unpaired) electrons. The van der Waals surface area contributed by atoms with E-state index in [0.717, 1.165) is 11.7 Å². The summed E-state index contributed by atoms with van der Waals surface area (Å²) < 4.78 is 32.4. The van der Waals surface area contributed by atoms with E-state index in [1.165, 1.54) is 15.9 Å². The van der Waals surface area contributed by atoms with Crippen LogP contribution in [0.5, 0.6) is 0 Å². The van der Waals surface area contributed by atoms with Crippen LogP contribution in [-0.4, -0.2) is 49.8 Å². The van der Waals surface area contributed by atoms with Gasteiger partial charge in [-0.15, -0.1) is 0 Å². The number of ether oxygens (including phenoxy) is 5. The summed E-state index contributed by atoms with van der Waals surface area (Å²) in [6, 6.07) is 42.7. The minimum atomic E-state index is -2.19. The van der Waals surface area contributed by atoms with Crippen molar-refractivity contribution in [1.29, 1.82) is 0 Å². The van der Waals surface area contributed by atoms with Crippen molar-refractivity contribution < 1.29 is 23.7 Å². The largest absolute Gasteiger partial charge is 0.365 e. The zero-order valence-corrected chi connectivity index (χ0v) is 24.7. The minimum absolute atomic E-state index is 0.294. The van der Waals surface area contributed by atoms with Gasteiger partial charge in [-0.1, -0.05) is 84.9 Å². The van der Waals surface area contributed by atoms with Crippen LogP contribution in [-0.2, 0) is 30.3 Å². The van der Waals surface area contributed by atoms with Gasteiger partial charge in [0, 0.05) is 7.11 Å². The Morgan fingerprint density at radius 1 is 0.659 bits per heavy atom. The molecule has 2 aliphatic heterocycles. The molecule has 41 heavy (non-hydrogen) atoms. The lowest BCUT2D eigenvalue weighted by atomic mass is 9.99. The van der Waals surface area contributed by atoms with Crippen molar-refractivity contribution in [3.8, 4) is 0 Å². The molecule has 2 fully saturated rings. The Labute approximate surface area is 243 Å². The fourth-order valence-electron chi connectivity index (χ4n) is 6.20. The lowest BCUT2D eigenvalue weighted by Gasteiger charge is -2.42. The van der Waals surface area contributed by atoms with E-state index < -0.39 is 25.4 Å². The molecule has 212 valence electrons. The van der Waals surface area contributed by atoms with E-state index in [1.54, 1.807) is 7.11 Å². The van der Waals surface area contributed by atoms with Crippen LogP contribution in [0.2, 0.25) is 0 Å². The lowest BCUT2D eigenvalue weighted by Crippen LogP contribution is -2.59. The molecule has 5 nitrogen and oxygen atoms in total. The lowest BCUT2D eigenvalue weighted by molar-refractivity contribution is -0.278. The Bertz CT molecular complexity index is 1290. The predicted molar refractivity (Wildman–Crippen MR) is 165 cm³/mol. The maximum atomic E-state index is 6.84. The molecule has 4 aromatic rings. The Balaban J connectivity index is 1.41. The van der Waals surface area contributed by atoms with Crippen molar-refractivity contribution in [2.24, 2.45) is 0 Å². The molecule has 2 aliphatic rings. The third-order valence-electron chi connectivity index (χ3n) is 7.99. The van der Waals surface area contributed by atoms with E-state index in [-0.39, 0.29) is 18.3 Å². The molecule has 6 rings (SSSR count). The Hall–Kier alpha value is -2.89. The van der Waals surface area contributed by atoms with Crippen LogP contribution >= 0.6 is 7.26 Å². The monoisotopic (exact) mass is 569 g/mol. The molecule has 2 heterocycles. The van der Waals surface area contributed by atoms with Gasteiger partial charge in [-0.2, -0.15) is 0 Å². The van der Waals surface area contributed by atoms with E-state index >= 15 is 0 Å². The Morgan fingerprint density at radius 3 is 1.61 bits per heavy atom. The average Bonchev–Trinajstić information content (AvgIpc) is 3.36. The van der Waals surface area contributed by atoms with Gasteiger partial charge in [0.25, 0.3) is 0 Å². The molecule has 0 bridgehead atoms. The standard InChI is InChI=1S/C35H38O5P/c1-35(2)39-31-30(38-34(36-3)33(32(31)40-35)37-24-26-16-8-4-9-17-26)25-41(27-18-10-5-11-19-27,28-20-12-6-13-21-28)29-22-14-7-15-23-29/h4-23,30-34H,24-25H2,1-3H3/q+1/t30-,31+,32+,33-,34-/m1/s1. The fourth-order valence-corrected chi connectivity index (χ4v) is 10.6. The summed E-state index contributed by atoms with van der Waals surface area (Å²) in [6.07, 6.45) is -1.28. The number of benzene rings is 4. The van der Waals surface area contributed by atoms with Crippen LogP contribution in [0.3, 0.4) is 0 Å². The first-order valence-electron chi connectivity index (χ1n) is 14.2. The van der Waals surface area contributed by atoms with Crippen molar-refractivity contribution in [2.45, 2.75) is 56.9 Å². The van der Waals surface area contributed by atoms with Crippen molar-refractivity contribution >= 4 is 23.2 Å². The second kappa shape index (κ2) is 12.1. The van der Waals surface area contributed by atoms with Crippen molar-refractivity contribution in [3.63, 3.8) is 0 Å². The molecule has 0 N–H and O–H groups in total. The number of methoxy groups -OCH3 is 1. The minimum Gasteiger partial charge on any atom is -0.365 e. The summed E-state index contributed by atoms with van der Waals surface area (Å²) in [5.74, 6) is -0.777. The highest BCUT2D eigenvalue weighted by atomic mass is 31.2. The molecule has 0 saturated carbocycles. The van der Waals surface area contributed by atoms with Gasteiger partial charge in [0.15, 0.2) is 12.1 Å². The van der Waals surface area contributed by atoms with Crippen molar-refractivity contribution in [3.05, 3.63) is 127 Å². The van der Waals surface area contributed by atoms with Gasteiger partial charge in [0.05, 0.1) is 6.61 Å². The molecular weight excluding hydrogens is 531 g/mol. The third kappa shape index (κ3) is 5.76. The van der Waals surface area contributed by atoms with Crippen molar-refractivity contribution in [1.82, 2.24) is 0 Å². The van der Waals surface area contributed by atoms with Crippen LogP contribution < -0.4 is 15.9 Å². The second-order valence-corrected chi connectivity index (χ2v) is 14.6. The van der Waals surface area contributed by atoms with E-state index in [2.05, 4.69) is 103 Å². The molecule has 0 aromatic heterocycles. The van der Waals surface area contributed by atoms with Gasteiger partial charge in [-0.25, -0.2) is 0 Å². The molecule has 0 amide bonds. The molecule has 5 atom stereocenters. The summed E-state index contributed by atoms with van der Waals surface area (Å²) >= 11 is 0. The van der Waals surface area contributed by atoms with Crippen LogP contribution in [0, 0.1) is 0 Å². The molecule has 4 aromatic carbocycles. The topological polar surface area (TPSA) is 46.2 Å². The SMILES string of the molecule is CO[C@@H]1O[C@H](C[P+](c2ccccc2)(c2ccccc2)c2ccccc2)[C@@H]2OC(C)(C)O[C@@H]2[C@H]1OCc1ccccc1. The molecule has 0 aliphatic carbocycles. The summed E-state index contributed by atoms with van der Waals surface area (Å²) in [7, 11) is -0.513. The van der Waals surface area contributed by atoms with E-state index in [9.17, 15) is 0 Å². The molecular formula is C35H38O5P+. The Kier molecular flexibility index (Phi) is 8.37. The highest BCUT2D eigenvalue weighted by molar-refractivity contribution is 7.95. The number of hydrogen-bond donors (Lipinski definition) is 0. The zero-order chi connectivity index (χ0) is 28.3. The number of hydrogen-bond acceptors (Lipinski definition) is 5. The van der Waals surface area contributed by atoms with E-state index in [1.807, 2.05) is 32.0 Å². The first-order valence-corrected chi connectivity index (χ1v) is 16.2. The van der Waals surface area contributed by atoms with Gasteiger partial charge >= 0.3 is 0 Å². The fraction of sp³-hybridized carbons (Fsp3) is 0.314. The van der Waals surface area contributed by atoms with Gasteiger partial charge in [-0.05, 0) is 55.8 Å². The quantitative estimate of drug-likeness (QED) is 0.251. The van der Waals surface area contributed by atoms with Gasteiger partial charge in [0.2, 0.25) is 0 Å².